The van der Waals surface area contributed by atoms with Gasteiger partial charge in [-0.25, -0.2) is 0 Å². The van der Waals surface area contributed by atoms with Gasteiger partial charge in [-0.3, -0.25) is 0 Å². The normalized spacial score (nSPS) is 16.5. The minimum Gasteiger partial charge on any atom is -0.423 e. The molecule has 0 spiro atoms. The van der Waals surface area contributed by atoms with Crippen molar-refractivity contribution in [3.8, 4) is 11.1 Å². The van der Waals surface area contributed by atoms with Gasteiger partial charge >= 0.3 is 7.12 Å². The average molecular weight is 256 g/mol. The van der Waals surface area contributed by atoms with Crippen LogP contribution in [0.2, 0.25) is 0 Å². The molecule has 1 heterocycles. The molecule has 18 heavy (non-hydrogen) atoms. The Morgan fingerprint density at radius 3 is 2.44 bits per heavy atom. The van der Waals surface area contributed by atoms with Crippen LogP contribution in [0.15, 0.2) is 52.3 Å². The fourth-order valence-electron chi connectivity index (χ4n) is 2.36. The highest BCUT2D eigenvalue weighted by atomic mass is 32.2. The maximum atomic E-state index is 9.28. The van der Waals surface area contributed by atoms with E-state index in [0.29, 0.717) is 5.46 Å². The lowest BCUT2D eigenvalue weighted by molar-refractivity contribution is 0.425. The summed E-state index contributed by atoms with van der Waals surface area (Å²) in [4.78, 5) is 2.50. The first-order valence-electron chi connectivity index (χ1n) is 5.84. The van der Waals surface area contributed by atoms with Crippen molar-refractivity contribution in [2.24, 2.45) is 0 Å². The molecule has 0 amide bonds. The van der Waals surface area contributed by atoms with Crippen LogP contribution in [0.1, 0.15) is 6.92 Å². The molecule has 1 aliphatic heterocycles. The Kier molecular flexibility index (Phi) is 2.86. The standard InChI is InChI=1S/C14H13BO2S/c1-2-18-13-6-4-3-5-11(13)12-8-7-10(15(16)17)9-14(12)18/h2-9,16-17H,1H3. The molecular weight excluding hydrogens is 243 g/mol. The number of fused-ring (bicyclic) bond motifs is 3. The van der Waals surface area contributed by atoms with Crippen molar-refractivity contribution in [3.05, 3.63) is 42.5 Å². The van der Waals surface area contributed by atoms with Crippen molar-refractivity contribution in [2.75, 3.05) is 0 Å². The van der Waals surface area contributed by atoms with E-state index in [1.54, 1.807) is 6.07 Å². The quantitative estimate of drug-likeness (QED) is 0.515. The summed E-state index contributed by atoms with van der Waals surface area (Å²) in [7, 11) is -1.46. The van der Waals surface area contributed by atoms with Crippen molar-refractivity contribution >= 4 is 28.4 Å². The first-order chi connectivity index (χ1) is 8.72. The van der Waals surface area contributed by atoms with Gasteiger partial charge in [0.2, 0.25) is 0 Å². The van der Waals surface area contributed by atoms with Gasteiger partial charge in [-0.15, -0.1) is 10.5 Å². The molecule has 0 aromatic heterocycles. The van der Waals surface area contributed by atoms with Gasteiger partial charge in [0.05, 0.1) is 0 Å². The smallest absolute Gasteiger partial charge is 0.423 e. The van der Waals surface area contributed by atoms with Gasteiger partial charge in [0, 0.05) is 9.79 Å². The molecular formula is C14H13BO2S. The van der Waals surface area contributed by atoms with Gasteiger partial charge in [0.25, 0.3) is 0 Å². The van der Waals surface area contributed by atoms with Crippen molar-refractivity contribution < 1.29 is 10.0 Å². The number of hydrogen-bond donors (Lipinski definition) is 2. The van der Waals surface area contributed by atoms with E-state index in [1.807, 2.05) is 18.2 Å². The van der Waals surface area contributed by atoms with Crippen LogP contribution in [0.3, 0.4) is 0 Å². The van der Waals surface area contributed by atoms with Crippen molar-refractivity contribution in [2.45, 2.75) is 16.7 Å². The Morgan fingerprint density at radius 1 is 1.00 bits per heavy atom. The molecule has 0 saturated carbocycles. The molecule has 2 nitrogen and oxygen atoms in total. The summed E-state index contributed by atoms with van der Waals surface area (Å²) in [6, 6.07) is 14.0. The zero-order valence-electron chi connectivity index (χ0n) is 10.00. The Labute approximate surface area is 109 Å². The van der Waals surface area contributed by atoms with Crippen LogP contribution in [0.4, 0.5) is 0 Å². The summed E-state index contributed by atoms with van der Waals surface area (Å²) in [5.74, 6) is 0. The summed E-state index contributed by atoms with van der Waals surface area (Å²) < 4.78 is 0. The van der Waals surface area contributed by atoms with Crippen LogP contribution < -0.4 is 5.46 Å². The molecule has 0 saturated heterocycles. The summed E-state index contributed by atoms with van der Waals surface area (Å²) in [6.07, 6.45) is 0. The SMILES string of the molecule is C/C=S1\c2ccccc2-c2ccc(B(O)O)cc21. The van der Waals surface area contributed by atoms with Gasteiger partial charge in [0.15, 0.2) is 0 Å². The number of rotatable bonds is 1. The molecule has 0 bridgehead atoms. The van der Waals surface area contributed by atoms with Crippen LogP contribution in [0.5, 0.6) is 0 Å². The highest BCUT2D eigenvalue weighted by Crippen LogP contribution is 2.51. The Morgan fingerprint density at radius 2 is 1.72 bits per heavy atom. The first kappa shape index (κ1) is 11.7. The molecule has 4 heteroatoms. The molecule has 0 fully saturated rings. The van der Waals surface area contributed by atoms with Gasteiger partial charge in [-0.2, -0.15) is 0 Å². The lowest BCUT2D eigenvalue weighted by Gasteiger charge is -2.06. The molecule has 1 atom stereocenters. The maximum absolute atomic E-state index is 9.28. The molecule has 1 unspecified atom stereocenters. The molecule has 2 aromatic carbocycles. The largest absolute Gasteiger partial charge is 0.488 e. The molecule has 2 aromatic rings. The van der Waals surface area contributed by atoms with Gasteiger partial charge < -0.3 is 10.0 Å². The summed E-state index contributed by atoms with van der Waals surface area (Å²) in [5, 5.41) is 20.7. The molecule has 90 valence electrons. The maximum Gasteiger partial charge on any atom is 0.488 e. The third-order valence-electron chi connectivity index (χ3n) is 3.19. The predicted molar refractivity (Wildman–Crippen MR) is 77.6 cm³/mol. The van der Waals surface area contributed by atoms with E-state index in [4.69, 9.17) is 0 Å². The number of benzene rings is 2. The topological polar surface area (TPSA) is 40.5 Å². The van der Waals surface area contributed by atoms with E-state index < -0.39 is 7.12 Å². The fraction of sp³-hybridized carbons (Fsp3) is 0.0714. The van der Waals surface area contributed by atoms with Crippen LogP contribution in [0, 0.1) is 0 Å². The zero-order chi connectivity index (χ0) is 12.7. The first-order valence-corrected chi connectivity index (χ1v) is 7.13. The number of hydrogen-bond acceptors (Lipinski definition) is 2. The van der Waals surface area contributed by atoms with Gasteiger partial charge in [-0.05, 0) is 35.6 Å². The van der Waals surface area contributed by atoms with Crippen LogP contribution in [-0.2, 0) is 0 Å². The van der Waals surface area contributed by atoms with Crippen LogP contribution in [0.25, 0.3) is 11.1 Å². The van der Waals surface area contributed by atoms with Crippen LogP contribution in [-0.4, -0.2) is 22.5 Å². The molecule has 1 aliphatic rings. The Bertz CT molecular complexity index is 650. The lowest BCUT2D eigenvalue weighted by atomic mass is 9.80. The van der Waals surface area contributed by atoms with Crippen LogP contribution >= 0.6 is 10.5 Å². The van der Waals surface area contributed by atoms with E-state index >= 15 is 0 Å². The van der Waals surface area contributed by atoms with E-state index in [9.17, 15) is 10.0 Å². The second-order valence-electron chi connectivity index (χ2n) is 4.20. The third-order valence-corrected chi connectivity index (χ3v) is 5.30. The second-order valence-corrected chi connectivity index (χ2v) is 6.23. The van der Waals surface area contributed by atoms with Gasteiger partial charge in [-0.1, -0.05) is 35.7 Å². The monoisotopic (exact) mass is 256 g/mol. The molecule has 0 aliphatic carbocycles. The van der Waals surface area contributed by atoms with E-state index in [0.717, 1.165) is 0 Å². The predicted octanol–water partition coefficient (Wildman–Crippen LogP) is 1.86. The van der Waals surface area contributed by atoms with E-state index in [2.05, 4.69) is 30.5 Å². The van der Waals surface area contributed by atoms with E-state index in [-0.39, 0.29) is 10.5 Å². The summed E-state index contributed by atoms with van der Waals surface area (Å²) in [6.45, 7) is 2.05. The highest BCUT2D eigenvalue weighted by Gasteiger charge is 2.23. The Hall–Kier alpha value is -1.36. The third kappa shape index (κ3) is 1.65. The van der Waals surface area contributed by atoms with Crippen molar-refractivity contribution in [3.63, 3.8) is 0 Å². The minimum absolute atomic E-state index is 0.0582. The second kappa shape index (κ2) is 4.39. The lowest BCUT2D eigenvalue weighted by Crippen LogP contribution is -2.29. The molecule has 0 radical (unpaired) electrons. The summed E-state index contributed by atoms with van der Waals surface area (Å²) >= 11 is 0. The van der Waals surface area contributed by atoms with E-state index in [1.165, 1.54) is 20.9 Å². The molecule has 3 rings (SSSR count). The van der Waals surface area contributed by atoms with Crippen molar-refractivity contribution in [1.82, 2.24) is 0 Å². The van der Waals surface area contributed by atoms with Crippen molar-refractivity contribution in [1.29, 1.82) is 0 Å². The Balaban J connectivity index is 2.28. The average Bonchev–Trinajstić information content (AvgIpc) is 2.71. The highest BCUT2D eigenvalue weighted by molar-refractivity contribution is 8.15. The zero-order valence-corrected chi connectivity index (χ0v) is 10.8. The minimum atomic E-state index is -1.40. The fourth-order valence-corrected chi connectivity index (χ4v) is 4.42. The molecule has 2 N–H and O–H groups in total. The van der Waals surface area contributed by atoms with Gasteiger partial charge in [0.1, 0.15) is 0 Å². The summed E-state index contributed by atoms with van der Waals surface area (Å²) in [5.41, 5.74) is 3.02.